The van der Waals surface area contributed by atoms with Gasteiger partial charge in [-0.15, -0.1) is 0 Å². The van der Waals surface area contributed by atoms with E-state index >= 15 is 0 Å². The minimum atomic E-state index is 0.0264. The highest BCUT2D eigenvalue weighted by molar-refractivity contribution is 6.00. The number of aromatic nitrogens is 3. The van der Waals surface area contributed by atoms with E-state index < -0.39 is 0 Å². The predicted octanol–water partition coefficient (Wildman–Crippen LogP) is 11.6. The third kappa shape index (κ3) is 5.19. The van der Waals surface area contributed by atoms with Gasteiger partial charge in [-0.3, -0.25) is 0 Å². The number of hydrogen-bond donors (Lipinski definition) is 0. The smallest absolute Gasteiger partial charge is 0.163 e. The van der Waals surface area contributed by atoms with Crippen LogP contribution in [0.5, 0.6) is 0 Å². The average Bonchev–Trinajstić information content (AvgIpc) is 3.60. The van der Waals surface area contributed by atoms with Crippen LogP contribution in [0.25, 0.3) is 66.8 Å². The lowest BCUT2D eigenvalue weighted by Crippen LogP contribution is -2.28. The maximum atomic E-state index is 6.81. The first kappa shape index (κ1) is 29.5. The van der Waals surface area contributed by atoms with Crippen molar-refractivity contribution in [3.8, 4) is 45.0 Å². The molecule has 0 spiro atoms. The van der Waals surface area contributed by atoms with E-state index in [4.69, 9.17) is 19.4 Å². The Balaban J connectivity index is 1.11. The zero-order chi connectivity index (χ0) is 33.7. The molecule has 0 amide bonds. The molecule has 2 aliphatic rings. The van der Waals surface area contributed by atoms with Gasteiger partial charge < -0.3 is 4.42 Å². The average molecular weight is 656 g/mol. The SMILES string of the molecule is C1=CC2c3oc4cccc(-c5ccc6cc(-c7ccccc7)ccc6c5)c4c3CC(c3nc(-c4ccccc4)nc(-c4ccccc4)n3)C2C=C1. The van der Waals surface area contributed by atoms with Gasteiger partial charge in [0.1, 0.15) is 17.2 Å². The van der Waals surface area contributed by atoms with Gasteiger partial charge in [0.25, 0.3) is 0 Å². The van der Waals surface area contributed by atoms with Crippen LogP contribution in [0, 0.1) is 5.92 Å². The molecule has 4 nitrogen and oxygen atoms in total. The first-order chi connectivity index (χ1) is 25.3. The number of nitrogens with zero attached hydrogens (tertiary/aromatic N) is 3. The van der Waals surface area contributed by atoms with E-state index in [0.29, 0.717) is 11.6 Å². The van der Waals surface area contributed by atoms with Crippen LogP contribution < -0.4 is 0 Å². The molecule has 6 aromatic carbocycles. The normalized spacial score (nSPS) is 17.8. The molecule has 0 bridgehead atoms. The summed E-state index contributed by atoms with van der Waals surface area (Å²) in [6.07, 6.45) is 9.66. The molecule has 0 saturated carbocycles. The van der Waals surface area contributed by atoms with Crippen molar-refractivity contribution in [2.24, 2.45) is 5.92 Å². The molecular formula is C47H33N3O. The molecule has 0 fully saturated rings. The van der Waals surface area contributed by atoms with Gasteiger partial charge in [-0.25, -0.2) is 15.0 Å². The zero-order valence-corrected chi connectivity index (χ0v) is 27.9. The molecule has 242 valence electrons. The van der Waals surface area contributed by atoms with E-state index in [1.165, 1.54) is 44.0 Å². The number of fused-ring (bicyclic) bond motifs is 6. The van der Waals surface area contributed by atoms with Crippen molar-refractivity contribution in [2.75, 3.05) is 0 Å². The number of benzene rings is 6. The lowest BCUT2D eigenvalue weighted by Gasteiger charge is -2.35. The molecule has 0 N–H and O–H groups in total. The third-order valence-corrected chi connectivity index (χ3v) is 10.5. The van der Waals surface area contributed by atoms with Gasteiger partial charge in [-0.05, 0) is 57.6 Å². The lowest BCUT2D eigenvalue weighted by molar-refractivity contribution is 0.364. The molecule has 2 aromatic heterocycles. The minimum Gasteiger partial charge on any atom is -0.460 e. The molecule has 3 atom stereocenters. The van der Waals surface area contributed by atoms with Crippen molar-refractivity contribution < 1.29 is 4.42 Å². The molecule has 2 aliphatic carbocycles. The fourth-order valence-corrected chi connectivity index (χ4v) is 8.05. The number of rotatable bonds is 5. The van der Waals surface area contributed by atoms with Gasteiger partial charge in [0.05, 0.1) is 0 Å². The van der Waals surface area contributed by atoms with E-state index in [9.17, 15) is 0 Å². The molecule has 0 aliphatic heterocycles. The Hall–Kier alpha value is -6.39. The fraction of sp³-hybridized carbons (Fsp3) is 0.0851. The molecule has 4 heteroatoms. The van der Waals surface area contributed by atoms with Crippen LogP contribution in [0.2, 0.25) is 0 Å². The Kier molecular flexibility index (Phi) is 7.05. The van der Waals surface area contributed by atoms with Crippen LogP contribution in [-0.4, -0.2) is 15.0 Å². The van der Waals surface area contributed by atoms with Gasteiger partial charge in [0.15, 0.2) is 11.6 Å². The van der Waals surface area contributed by atoms with Gasteiger partial charge >= 0.3 is 0 Å². The summed E-state index contributed by atoms with van der Waals surface area (Å²) < 4.78 is 6.81. The summed E-state index contributed by atoms with van der Waals surface area (Å²) in [5.74, 6) is 3.51. The van der Waals surface area contributed by atoms with Crippen molar-refractivity contribution in [1.29, 1.82) is 0 Å². The standard InChI is InChI=1S/C47H33N3O/c1-4-13-30(14-5-1)33-23-24-35-28-36(26-25-34(35)27-33)37-21-12-22-42-43(37)41-29-40(38-19-10-11-20-39(38)44(41)51-42)47-49-45(31-15-6-2-7-16-31)48-46(50-47)32-17-8-3-9-18-32/h1-28,38-40H,29H2. The van der Waals surface area contributed by atoms with Crippen LogP contribution >= 0.6 is 0 Å². The summed E-state index contributed by atoms with van der Waals surface area (Å²) in [6, 6.07) is 51.0. The van der Waals surface area contributed by atoms with E-state index in [2.05, 4.69) is 133 Å². The van der Waals surface area contributed by atoms with Crippen molar-refractivity contribution in [3.05, 3.63) is 187 Å². The second-order valence-electron chi connectivity index (χ2n) is 13.5. The quantitative estimate of drug-likeness (QED) is 0.185. The molecule has 2 heterocycles. The van der Waals surface area contributed by atoms with E-state index in [1.807, 2.05) is 36.4 Å². The summed E-state index contributed by atoms with van der Waals surface area (Å²) in [7, 11) is 0. The topological polar surface area (TPSA) is 51.8 Å². The van der Waals surface area contributed by atoms with E-state index in [-0.39, 0.29) is 17.8 Å². The number of allylic oxidation sites excluding steroid dienone is 4. The third-order valence-electron chi connectivity index (χ3n) is 10.5. The summed E-state index contributed by atoms with van der Waals surface area (Å²) in [5, 5.41) is 3.62. The van der Waals surface area contributed by atoms with E-state index in [1.54, 1.807) is 0 Å². The van der Waals surface area contributed by atoms with E-state index in [0.717, 1.165) is 34.7 Å². The van der Waals surface area contributed by atoms with Crippen LogP contribution in [-0.2, 0) is 6.42 Å². The summed E-state index contributed by atoms with van der Waals surface area (Å²) in [4.78, 5) is 15.4. The van der Waals surface area contributed by atoms with Crippen LogP contribution in [0.4, 0.5) is 0 Å². The van der Waals surface area contributed by atoms with Crippen LogP contribution in [0.15, 0.2) is 174 Å². The Morgan fingerprint density at radius 2 is 1.12 bits per heavy atom. The number of hydrogen-bond acceptors (Lipinski definition) is 4. The Bertz CT molecular complexity index is 2570. The van der Waals surface area contributed by atoms with Gasteiger partial charge in [0, 0.05) is 39.8 Å². The highest BCUT2D eigenvalue weighted by Gasteiger charge is 2.41. The summed E-state index contributed by atoms with van der Waals surface area (Å²) in [5.41, 5.74) is 8.94. The van der Waals surface area contributed by atoms with Gasteiger partial charge in [-0.2, -0.15) is 0 Å². The largest absolute Gasteiger partial charge is 0.460 e. The monoisotopic (exact) mass is 655 g/mol. The Morgan fingerprint density at radius 1 is 0.510 bits per heavy atom. The fourth-order valence-electron chi connectivity index (χ4n) is 8.05. The molecule has 8 aromatic rings. The zero-order valence-electron chi connectivity index (χ0n) is 27.9. The Labute approximate surface area is 296 Å². The molecule has 10 rings (SSSR count). The first-order valence-corrected chi connectivity index (χ1v) is 17.6. The first-order valence-electron chi connectivity index (χ1n) is 17.6. The van der Waals surface area contributed by atoms with Crippen molar-refractivity contribution in [3.63, 3.8) is 0 Å². The van der Waals surface area contributed by atoms with Crippen molar-refractivity contribution in [1.82, 2.24) is 15.0 Å². The maximum absolute atomic E-state index is 6.81. The Morgan fingerprint density at radius 3 is 1.80 bits per heavy atom. The van der Waals surface area contributed by atoms with Crippen molar-refractivity contribution in [2.45, 2.75) is 18.3 Å². The lowest BCUT2D eigenvalue weighted by atomic mass is 9.69. The summed E-state index contributed by atoms with van der Waals surface area (Å²) >= 11 is 0. The van der Waals surface area contributed by atoms with Crippen LogP contribution in [0.3, 0.4) is 0 Å². The minimum absolute atomic E-state index is 0.0264. The highest BCUT2D eigenvalue weighted by atomic mass is 16.3. The summed E-state index contributed by atoms with van der Waals surface area (Å²) in [6.45, 7) is 0. The highest BCUT2D eigenvalue weighted by Crippen LogP contribution is 2.51. The van der Waals surface area contributed by atoms with Crippen LogP contribution in [0.1, 0.15) is 29.0 Å². The molecule has 0 radical (unpaired) electrons. The molecule has 51 heavy (non-hydrogen) atoms. The molecular weight excluding hydrogens is 623 g/mol. The number of furan rings is 1. The predicted molar refractivity (Wildman–Crippen MR) is 206 cm³/mol. The van der Waals surface area contributed by atoms with Gasteiger partial charge in [0.2, 0.25) is 0 Å². The van der Waals surface area contributed by atoms with Crippen molar-refractivity contribution >= 4 is 21.7 Å². The molecule has 3 unspecified atom stereocenters. The molecule has 0 saturated heterocycles. The second-order valence-corrected chi connectivity index (χ2v) is 13.5. The van der Waals surface area contributed by atoms with Gasteiger partial charge in [-0.1, -0.05) is 152 Å². The second kappa shape index (κ2) is 12.2. The maximum Gasteiger partial charge on any atom is 0.163 e.